The van der Waals surface area contributed by atoms with Crippen LogP contribution in [0.2, 0.25) is 0 Å². The highest BCUT2D eigenvalue weighted by atomic mass is 16.2. The van der Waals surface area contributed by atoms with E-state index in [1.54, 1.807) is 41.7 Å². The zero-order valence-electron chi connectivity index (χ0n) is 21.6. The monoisotopic (exact) mass is 527 g/mol. The van der Waals surface area contributed by atoms with Gasteiger partial charge in [-0.3, -0.25) is 35.0 Å². The normalized spacial score (nSPS) is 25.2. The lowest BCUT2D eigenvalue weighted by molar-refractivity contribution is -0.119. The first-order valence-corrected chi connectivity index (χ1v) is 13.6. The van der Waals surface area contributed by atoms with Crippen molar-refractivity contribution in [1.82, 2.24) is 20.7 Å². The molecule has 1 unspecified atom stereocenters. The minimum absolute atomic E-state index is 0.0545. The maximum atomic E-state index is 13.2. The summed E-state index contributed by atoms with van der Waals surface area (Å²) in [5.74, 6) is 1.06. The minimum Gasteiger partial charge on any atom is -0.352 e. The Labute approximate surface area is 227 Å². The fraction of sp³-hybridized carbons (Fsp3) is 0.393. The number of aliphatic imine (C=N–C) groups is 2. The molecule has 0 saturated heterocycles. The van der Waals surface area contributed by atoms with Gasteiger partial charge < -0.3 is 21.7 Å². The molecule has 2 aliphatic carbocycles. The summed E-state index contributed by atoms with van der Waals surface area (Å²) in [6, 6.07) is 11.0. The second kappa shape index (κ2) is 10.9. The number of amides is 2. The topological polar surface area (TPSA) is 149 Å². The van der Waals surface area contributed by atoms with Gasteiger partial charge in [0.25, 0.3) is 11.8 Å². The molecule has 2 fully saturated rings. The molecule has 4 aliphatic rings. The maximum absolute atomic E-state index is 13.2. The molecule has 1 aromatic heterocycles. The number of anilines is 2. The van der Waals surface area contributed by atoms with Crippen molar-refractivity contribution >= 4 is 34.9 Å². The molecule has 0 bridgehead atoms. The second-order valence-electron chi connectivity index (χ2n) is 10.5. The van der Waals surface area contributed by atoms with Crippen LogP contribution in [0.5, 0.6) is 0 Å². The highest BCUT2D eigenvalue weighted by Crippen LogP contribution is 2.25. The van der Waals surface area contributed by atoms with Crippen molar-refractivity contribution in [3.05, 3.63) is 66.1 Å². The summed E-state index contributed by atoms with van der Waals surface area (Å²) in [6.45, 7) is 0.296. The molecule has 11 nitrogen and oxygen atoms in total. The molecule has 2 aliphatic heterocycles. The first-order chi connectivity index (χ1) is 19.0. The van der Waals surface area contributed by atoms with Gasteiger partial charge in [-0.15, -0.1) is 0 Å². The van der Waals surface area contributed by atoms with Crippen molar-refractivity contribution in [1.29, 1.82) is 0 Å². The molecule has 2 aromatic rings. The highest BCUT2D eigenvalue weighted by molar-refractivity contribution is 6.14. The molecule has 2 saturated carbocycles. The van der Waals surface area contributed by atoms with E-state index in [1.807, 2.05) is 18.2 Å². The van der Waals surface area contributed by atoms with E-state index in [0.29, 0.717) is 35.5 Å². The Balaban J connectivity index is 1.22. The van der Waals surface area contributed by atoms with Crippen LogP contribution < -0.4 is 27.1 Å². The number of carbonyl (C=O) groups excluding carboxylic acids is 2. The Kier molecular flexibility index (Phi) is 6.97. The third kappa shape index (κ3) is 5.93. The molecule has 1 atom stereocenters. The van der Waals surface area contributed by atoms with Gasteiger partial charge in [0.05, 0.1) is 18.3 Å². The van der Waals surface area contributed by atoms with Crippen LogP contribution in [0.25, 0.3) is 0 Å². The van der Waals surface area contributed by atoms with Crippen molar-refractivity contribution in [2.24, 2.45) is 15.7 Å². The zero-order chi connectivity index (χ0) is 26.8. The van der Waals surface area contributed by atoms with E-state index in [4.69, 9.17) is 15.7 Å². The quantitative estimate of drug-likeness (QED) is 0.370. The molecule has 6 rings (SSSR count). The van der Waals surface area contributed by atoms with Crippen molar-refractivity contribution < 1.29 is 9.59 Å². The molecule has 2 amide bonds. The number of nitrogens with zero attached hydrogens (tertiary/aromatic N) is 4. The Morgan fingerprint density at radius 2 is 1.72 bits per heavy atom. The third-order valence-corrected chi connectivity index (χ3v) is 7.36. The van der Waals surface area contributed by atoms with Crippen LogP contribution in [0, 0.1) is 0 Å². The van der Waals surface area contributed by atoms with E-state index in [9.17, 15) is 9.59 Å². The van der Waals surface area contributed by atoms with E-state index in [1.165, 1.54) is 0 Å². The number of hydrogen-bond acceptors (Lipinski definition) is 8. The van der Waals surface area contributed by atoms with Crippen molar-refractivity contribution in [2.45, 2.75) is 62.7 Å². The molecule has 6 N–H and O–H groups in total. The smallest absolute Gasteiger partial charge is 0.251 e. The number of carbonyl (C=O) groups is 2. The average Bonchev–Trinajstić information content (AvgIpc) is 3.65. The van der Waals surface area contributed by atoms with E-state index in [-0.39, 0.29) is 23.9 Å². The summed E-state index contributed by atoms with van der Waals surface area (Å²) < 4.78 is 0. The predicted octanol–water partition coefficient (Wildman–Crippen LogP) is 2.18. The molecule has 0 spiro atoms. The maximum Gasteiger partial charge on any atom is 0.251 e. The van der Waals surface area contributed by atoms with E-state index in [2.05, 4.69) is 26.4 Å². The van der Waals surface area contributed by atoms with Crippen molar-refractivity contribution in [3.8, 4) is 0 Å². The van der Waals surface area contributed by atoms with Gasteiger partial charge in [0, 0.05) is 47.5 Å². The van der Waals surface area contributed by atoms with Gasteiger partial charge in [0.15, 0.2) is 11.9 Å². The van der Waals surface area contributed by atoms with Gasteiger partial charge in [-0.05, 0) is 74.9 Å². The fourth-order valence-electron chi connectivity index (χ4n) is 4.98. The number of nitrogens with one attached hydrogen (secondary N) is 4. The minimum atomic E-state index is -0.558. The molecule has 11 heteroatoms. The van der Waals surface area contributed by atoms with Gasteiger partial charge in [0.1, 0.15) is 5.84 Å². The number of amidine groups is 2. The Morgan fingerprint density at radius 1 is 0.974 bits per heavy atom. The summed E-state index contributed by atoms with van der Waals surface area (Å²) in [4.78, 5) is 39.3. The fourth-order valence-corrected chi connectivity index (χ4v) is 4.98. The molecule has 1 aromatic carbocycles. The lowest BCUT2D eigenvalue weighted by atomic mass is 9.92. The highest BCUT2D eigenvalue weighted by Gasteiger charge is 2.38. The van der Waals surface area contributed by atoms with Crippen molar-refractivity contribution in [2.75, 3.05) is 17.2 Å². The zero-order valence-corrected chi connectivity index (χ0v) is 21.6. The Morgan fingerprint density at radius 3 is 2.44 bits per heavy atom. The van der Waals surface area contributed by atoms with Crippen LogP contribution in [0.1, 0.15) is 48.9 Å². The van der Waals surface area contributed by atoms with Gasteiger partial charge in [-0.25, -0.2) is 0 Å². The summed E-state index contributed by atoms with van der Waals surface area (Å²) in [5.41, 5.74) is 12.3. The first-order valence-electron chi connectivity index (χ1n) is 13.6. The van der Waals surface area contributed by atoms with Gasteiger partial charge in [-0.1, -0.05) is 0 Å². The Bertz CT molecular complexity index is 1310. The SMILES string of the molecule is NC1CCC(N=C2C=C(Nc3ccc(C(=O)NC4CC4)cc3)C3=NCC(C(=O)Nc4ccncc4)N3N2)CC1. The van der Waals surface area contributed by atoms with Gasteiger partial charge in [0.2, 0.25) is 0 Å². The summed E-state index contributed by atoms with van der Waals surface area (Å²) in [7, 11) is 0. The molecule has 3 heterocycles. The Hall–Kier alpha value is -4.25. The molecule has 39 heavy (non-hydrogen) atoms. The lowest BCUT2D eigenvalue weighted by Gasteiger charge is -2.33. The van der Waals surface area contributed by atoms with E-state index >= 15 is 0 Å². The van der Waals surface area contributed by atoms with E-state index < -0.39 is 6.04 Å². The number of benzene rings is 1. The van der Waals surface area contributed by atoms with Gasteiger partial charge >= 0.3 is 0 Å². The number of hydrazine groups is 1. The summed E-state index contributed by atoms with van der Waals surface area (Å²) in [5, 5.41) is 11.2. The summed E-state index contributed by atoms with van der Waals surface area (Å²) in [6.07, 6.45) is 11.1. The van der Waals surface area contributed by atoms with Crippen LogP contribution in [-0.2, 0) is 4.79 Å². The lowest BCUT2D eigenvalue weighted by Crippen LogP contribution is -2.57. The average molecular weight is 528 g/mol. The largest absolute Gasteiger partial charge is 0.352 e. The molecule has 0 radical (unpaired) electrons. The molecule has 202 valence electrons. The van der Waals surface area contributed by atoms with Crippen molar-refractivity contribution in [3.63, 3.8) is 0 Å². The standard InChI is InChI=1S/C28H33N9O2/c29-18-3-7-20(8-4-18)33-25-15-23(32-19-5-1-17(2-6-19)27(38)34-21-9-10-21)26-31-16-24(37(26)36-25)28(39)35-22-11-13-30-14-12-22/h1-2,5-6,11-15,18,20-21,24,32H,3-4,7-10,16,29H2,(H,33,36)(H,34,38)(H,30,35,39). The number of aromatic nitrogens is 1. The first kappa shape index (κ1) is 25.1. The predicted molar refractivity (Wildman–Crippen MR) is 150 cm³/mol. The van der Waals surface area contributed by atoms with Crippen LogP contribution in [0.4, 0.5) is 11.4 Å². The number of hydrogen-bond donors (Lipinski definition) is 5. The number of nitrogens with two attached hydrogens (primary N) is 1. The third-order valence-electron chi connectivity index (χ3n) is 7.36. The number of pyridine rings is 1. The number of fused-ring (bicyclic) bond motifs is 1. The van der Waals surface area contributed by atoms with Crippen LogP contribution >= 0.6 is 0 Å². The molecular formula is C28H33N9O2. The second-order valence-corrected chi connectivity index (χ2v) is 10.5. The van der Waals surface area contributed by atoms with Crippen LogP contribution in [0.15, 0.2) is 70.5 Å². The van der Waals surface area contributed by atoms with E-state index in [0.717, 1.165) is 49.9 Å². The number of rotatable bonds is 7. The van der Waals surface area contributed by atoms with Gasteiger partial charge in [-0.2, -0.15) is 0 Å². The van der Waals surface area contributed by atoms with Crippen LogP contribution in [0.3, 0.4) is 0 Å². The van der Waals surface area contributed by atoms with Crippen LogP contribution in [-0.4, -0.2) is 64.2 Å². The molecular weight excluding hydrogens is 494 g/mol. The summed E-state index contributed by atoms with van der Waals surface area (Å²) >= 11 is 0.